The second kappa shape index (κ2) is 7.87. The van der Waals surface area contributed by atoms with Crippen molar-refractivity contribution in [2.75, 3.05) is 32.7 Å². The second-order valence-electron chi connectivity index (χ2n) is 5.98. The van der Waals surface area contributed by atoms with E-state index in [2.05, 4.69) is 15.0 Å². The molecule has 2 aromatic rings. The molecule has 8 heteroatoms. The van der Waals surface area contributed by atoms with Crippen molar-refractivity contribution in [3.05, 3.63) is 23.4 Å². The average Bonchev–Trinajstić information content (AvgIpc) is 3.26. The van der Waals surface area contributed by atoms with Crippen LogP contribution < -0.4 is 0 Å². The fraction of sp³-hybridized carbons (Fsp3) is 0.562. The minimum atomic E-state index is -0.749. The summed E-state index contributed by atoms with van der Waals surface area (Å²) in [6.07, 6.45) is 1.73. The number of aryl methyl sites for hydroxylation is 1. The predicted molar refractivity (Wildman–Crippen MR) is 91.0 cm³/mol. The number of hydrogen-bond donors (Lipinski definition) is 1. The second-order valence-corrected chi connectivity index (χ2v) is 6.93. The number of aromatic nitrogens is 2. The van der Waals surface area contributed by atoms with Crippen molar-refractivity contribution in [3.63, 3.8) is 0 Å². The van der Waals surface area contributed by atoms with Crippen molar-refractivity contribution in [2.45, 2.75) is 25.8 Å². The number of piperazine rings is 1. The van der Waals surface area contributed by atoms with Crippen LogP contribution in [-0.2, 0) is 11.2 Å². The van der Waals surface area contributed by atoms with E-state index in [1.54, 1.807) is 18.3 Å². The maximum atomic E-state index is 11.0. The van der Waals surface area contributed by atoms with Crippen LogP contribution in [0.5, 0.6) is 0 Å². The molecule has 0 saturated carbocycles. The zero-order valence-corrected chi connectivity index (χ0v) is 14.5. The van der Waals surface area contributed by atoms with Gasteiger partial charge in [0.15, 0.2) is 0 Å². The lowest BCUT2D eigenvalue weighted by Crippen LogP contribution is -2.51. The van der Waals surface area contributed by atoms with Crippen LogP contribution in [0.3, 0.4) is 0 Å². The number of rotatable bonds is 7. The lowest BCUT2D eigenvalue weighted by atomic mass is 10.2. The lowest BCUT2D eigenvalue weighted by molar-refractivity contribution is -0.143. The molecule has 0 radical (unpaired) electrons. The number of carboxylic acid groups (broad SMARTS) is 1. The summed E-state index contributed by atoms with van der Waals surface area (Å²) in [7, 11) is 0. The molecule has 0 spiro atoms. The van der Waals surface area contributed by atoms with Gasteiger partial charge in [0.1, 0.15) is 6.04 Å². The summed E-state index contributed by atoms with van der Waals surface area (Å²) >= 11 is 1.60. The van der Waals surface area contributed by atoms with E-state index in [1.165, 1.54) is 0 Å². The summed E-state index contributed by atoms with van der Waals surface area (Å²) in [4.78, 5) is 20.9. The van der Waals surface area contributed by atoms with Crippen molar-refractivity contribution >= 4 is 17.3 Å². The van der Waals surface area contributed by atoms with Crippen molar-refractivity contribution in [2.24, 2.45) is 0 Å². The normalized spacial score (nSPS) is 17.9. The zero-order chi connectivity index (χ0) is 16.9. The molecule has 1 fully saturated rings. The van der Waals surface area contributed by atoms with Gasteiger partial charge in [0.25, 0.3) is 0 Å². The van der Waals surface area contributed by atoms with E-state index in [4.69, 9.17) is 9.63 Å². The Hall–Kier alpha value is -1.77. The van der Waals surface area contributed by atoms with Gasteiger partial charge in [0, 0.05) is 32.6 Å². The van der Waals surface area contributed by atoms with Gasteiger partial charge in [0.2, 0.25) is 11.7 Å². The Morgan fingerprint density at radius 2 is 2.21 bits per heavy atom. The van der Waals surface area contributed by atoms with E-state index in [1.807, 2.05) is 22.4 Å². The highest BCUT2D eigenvalue weighted by Gasteiger charge is 2.24. The van der Waals surface area contributed by atoms with Crippen LogP contribution in [0.15, 0.2) is 22.0 Å². The van der Waals surface area contributed by atoms with Gasteiger partial charge in [-0.3, -0.25) is 9.69 Å². The first-order valence-corrected chi connectivity index (χ1v) is 9.07. The third-order valence-electron chi connectivity index (χ3n) is 4.39. The van der Waals surface area contributed by atoms with Gasteiger partial charge in [-0.15, -0.1) is 11.3 Å². The van der Waals surface area contributed by atoms with Crippen molar-refractivity contribution in [1.82, 2.24) is 19.9 Å². The quantitative estimate of drug-likeness (QED) is 0.815. The van der Waals surface area contributed by atoms with E-state index < -0.39 is 12.0 Å². The molecule has 0 aromatic carbocycles. The molecule has 0 bridgehead atoms. The molecule has 1 saturated heterocycles. The molecule has 1 unspecified atom stereocenters. The minimum Gasteiger partial charge on any atom is -0.480 e. The van der Waals surface area contributed by atoms with E-state index in [0.29, 0.717) is 11.7 Å². The fourth-order valence-corrected chi connectivity index (χ4v) is 3.50. The molecular weight excluding hydrogens is 328 g/mol. The highest BCUT2D eigenvalue weighted by atomic mass is 32.1. The maximum Gasteiger partial charge on any atom is 0.320 e. The standard InChI is InChI=1S/C16H22N4O3S/c1-12(16(21)22)20-9-7-19(8-10-20)6-2-5-14-17-15(18-23-14)13-4-3-11-24-13/h3-4,11-12H,2,5-10H2,1H3,(H,21,22). The topological polar surface area (TPSA) is 82.7 Å². The first kappa shape index (κ1) is 17.1. The molecule has 0 aliphatic carbocycles. The summed E-state index contributed by atoms with van der Waals surface area (Å²) < 4.78 is 5.31. The fourth-order valence-electron chi connectivity index (χ4n) is 2.85. The van der Waals surface area contributed by atoms with E-state index in [-0.39, 0.29) is 0 Å². The van der Waals surface area contributed by atoms with Crippen LogP contribution >= 0.6 is 11.3 Å². The van der Waals surface area contributed by atoms with Gasteiger partial charge in [-0.05, 0) is 31.3 Å². The third-order valence-corrected chi connectivity index (χ3v) is 5.25. The Morgan fingerprint density at radius 3 is 2.88 bits per heavy atom. The van der Waals surface area contributed by atoms with E-state index in [9.17, 15) is 4.79 Å². The molecule has 3 heterocycles. The predicted octanol–water partition coefficient (Wildman–Crippen LogP) is 1.82. The van der Waals surface area contributed by atoms with Gasteiger partial charge < -0.3 is 14.5 Å². The van der Waals surface area contributed by atoms with Gasteiger partial charge in [-0.25, -0.2) is 0 Å². The first-order chi connectivity index (χ1) is 11.6. The number of carbonyl (C=O) groups is 1. The van der Waals surface area contributed by atoms with Crippen LogP contribution in [0.2, 0.25) is 0 Å². The van der Waals surface area contributed by atoms with Gasteiger partial charge >= 0.3 is 5.97 Å². The minimum absolute atomic E-state index is 0.402. The van der Waals surface area contributed by atoms with Crippen LogP contribution in [0.4, 0.5) is 0 Å². The molecule has 24 heavy (non-hydrogen) atoms. The Labute approximate surface area is 144 Å². The first-order valence-electron chi connectivity index (χ1n) is 8.19. The Morgan fingerprint density at radius 1 is 1.42 bits per heavy atom. The zero-order valence-electron chi connectivity index (χ0n) is 13.7. The molecule has 7 nitrogen and oxygen atoms in total. The highest BCUT2D eigenvalue weighted by molar-refractivity contribution is 7.13. The molecule has 2 aromatic heterocycles. The average molecular weight is 350 g/mol. The third kappa shape index (κ3) is 4.19. The number of hydrogen-bond acceptors (Lipinski definition) is 7. The summed E-state index contributed by atoms with van der Waals surface area (Å²) in [5.41, 5.74) is 0. The molecule has 130 valence electrons. The van der Waals surface area contributed by atoms with Gasteiger partial charge in [0.05, 0.1) is 4.88 Å². The summed E-state index contributed by atoms with van der Waals surface area (Å²) in [6, 6.07) is 3.55. The molecule has 1 aliphatic rings. The number of carboxylic acids is 1. The molecular formula is C16H22N4O3S. The Balaban J connectivity index is 1.39. The van der Waals surface area contributed by atoms with Crippen LogP contribution in [0, 0.1) is 0 Å². The monoisotopic (exact) mass is 350 g/mol. The maximum absolute atomic E-state index is 11.0. The van der Waals surface area contributed by atoms with Gasteiger partial charge in [-0.1, -0.05) is 11.2 Å². The van der Waals surface area contributed by atoms with E-state index >= 15 is 0 Å². The number of nitrogens with zero attached hydrogens (tertiary/aromatic N) is 4. The number of aliphatic carboxylic acids is 1. The van der Waals surface area contributed by atoms with Crippen LogP contribution in [-0.4, -0.2) is 69.8 Å². The molecule has 0 amide bonds. The van der Waals surface area contributed by atoms with Crippen molar-refractivity contribution in [3.8, 4) is 10.7 Å². The van der Waals surface area contributed by atoms with E-state index in [0.717, 1.165) is 50.4 Å². The smallest absolute Gasteiger partial charge is 0.320 e. The lowest BCUT2D eigenvalue weighted by Gasteiger charge is -2.36. The van der Waals surface area contributed by atoms with Crippen LogP contribution in [0.1, 0.15) is 19.2 Å². The molecule has 1 N–H and O–H groups in total. The Bertz CT molecular complexity index is 650. The number of thiophene rings is 1. The summed E-state index contributed by atoms with van der Waals surface area (Å²) in [6.45, 7) is 6.13. The van der Waals surface area contributed by atoms with Gasteiger partial charge in [-0.2, -0.15) is 4.98 Å². The SMILES string of the molecule is CC(C(=O)O)N1CCN(CCCc2nc(-c3cccs3)no2)CC1. The van der Waals surface area contributed by atoms with Crippen LogP contribution in [0.25, 0.3) is 10.7 Å². The van der Waals surface area contributed by atoms with Crippen molar-refractivity contribution < 1.29 is 14.4 Å². The highest BCUT2D eigenvalue weighted by Crippen LogP contribution is 2.21. The molecule has 3 rings (SSSR count). The van der Waals surface area contributed by atoms with Crippen molar-refractivity contribution in [1.29, 1.82) is 0 Å². The Kier molecular flexibility index (Phi) is 5.60. The summed E-state index contributed by atoms with van der Waals surface area (Å²) in [5.74, 6) is 0.592. The molecule has 1 atom stereocenters. The largest absolute Gasteiger partial charge is 0.480 e. The molecule has 1 aliphatic heterocycles. The summed E-state index contributed by atoms with van der Waals surface area (Å²) in [5, 5.41) is 15.1.